The van der Waals surface area contributed by atoms with Crippen molar-refractivity contribution in [2.24, 2.45) is 0 Å². The first kappa shape index (κ1) is 18.4. The maximum Gasteiger partial charge on any atom is 0.255 e. The Hall–Kier alpha value is -1.99. The number of amides is 2. The average molecular weight is 334 g/mol. The molecule has 0 spiro atoms. The van der Waals surface area contributed by atoms with Crippen molar-refractivity contribution in [2.45, 2.75) is 13.3 Å². The summed E-state index contributed by atoms with van der Waals surface area (Å²) in [6, 6.07) is 3.65. The number of nitrogens with zero attached hydrogens (tertiary/aromatic N) is 3. The topological polar surface area (TPSA) is 74.8 Å². The highest BCUT2D eigenvalue weighted by atomic mass is 16.5. The van der Waals surface area contributed by atoms with Crippen molar-refractivity contribution in [3.8, 4) is 0 Å². The molecule has 1 aromatic heterocycles. The summed E-state index contributed by atoms with van der Waals surface area (Å²) in [5, 5.41) is 2.88. The second kappa shape index (κ2) is 9.34. The Morgan fingerprint density at radius 2 is 2.00 bits per heavy atom. The highest BCUT2D eigenvalue weighted by Crippen LogP contribution is 2.08. The number of methoxy groups -OCH3 is 1. The summed E-state index contributed by atoms with van der Waals surface area (Å²) in [6.45, 7) is 6.22. The molecule has 0 unspecified atom stereocenters. The predicted octanol–water partition coefficient (Wildman–Crippen LogP) is 0.301. The molecule has 1 aliphatic rings. The highest BCUT2D eigenvalue weighted by Gasteiger charge is 2.23. The van der Waals surface area contributed by atoms with E-state index >= 15 is 0 Å². The SMILES string of the molecule is COCCCNC(=O)CN1CCN(C(=O)c2ccc(C)nc2)CC1. The molecule has 0 bridgehead atoms. The van der Waals surface area contributed by atoms with E-state index < -0.39 is 0 Å². The van der Waals surface area contributed by atoms with E-state index in [1.807, 2.05) is 24.0 Å². The molecule has 1 aromatic rings. The molecule has 7 heteroatoms. The van der Waals surface area contributed by atoms with Gasteiger partial charge in [0, 0.05) is 58.3 Å². The molecule has 2 rings (SSSR count). The van der Waals surface area contributed by atoms with Crippen molar-refractivity contribution in [3.05, 3.63) is 29.6 Å². The zero-order valence-corrected chi connectivity index (χ0v) is 14.5. The molecule has 1 fully saturated rings. The van der Waals surface area contributed by atoms with E-state index in [1.54, 1.807) is 13.3 Å². The summed E-state index contributed by atoms with van der Waals surface area (Å²) in [7, 11) is 1.65. The number of carbonyl (C=O) groups excluding carboxylic acids is 2. The summed E-state index contributed by atoms with van der Waals surface area (Å²) in [5.74, 6) is 0.0276. The predicted molar refractivity (Wildman–Crippen MR) is 90.8 cm³/mol. The number of aromatic nitrogens is 1. The Bertz CT molecular complexity index is 539. The molecular weight excluding hydrogens is 308 g/mol. The number of hydrogen-bond acceptors (Lipinski definition) is 5. The van der Waals surface area contributed by atoms with E-state index in [9.17, 15) is 9.59 Å². The third-order valence-electron chi connectivity index (χ3n) is 4.03. The number of aryl methyl sites for hydroxylation is 1. The van der Waals surface area contributed by atoms with Crippen molar-refractivity contribution in [3.63, 3.8) is 0 Å². The van der Waals surface area contributed by atoms with E-state index in [4.69, 9.17) is 4.74 Å². The van der Waals surface area contributed by atoms with Gasteiger partial charge < -0.3 is 15.0 Å². The fraction of sp³-hybridized carbons (Fsp3) is 0.588. The number of piperazine rings is 1. The van der Waals surface area contributed by atoms with Crippen LogP contribution < -0.4 is 5.32 Å². The van der Waals surface area contributed by atoms with Crippen molar-refractivity contribution in [2.75, 3.05) is 53.0 Å². The summed E-state index contributed by atoms with van der Waals surface area (Å²) >= 11 is 0. The van der Waals surface area contributed by atoms with Gasteiger partial charge in [0.2, 0.25) is 5.91 Å². The quantitative estimate of drug-likeness (QED) is 0.726. The zero-order valence-electron chi connectivity index (χ0n) is 14.5. The van der Waals surface area contributed by atoms with Crippen molar-refractivity contribution >= 4 is 11.8 Å². The molecule has 1 saturated heterocycles. The largest absolute Gasteiger partial charge is 0.385 e. The van der Waals surface area contributed by atoms with E-state index in [2.05, 4.69) is 15.2 Å². The molecule has 0 aliphatic carbocycles. The first-order chi connectivity index (χ1) is 11.6. The Balaban J connectivity index is 1.72. The molecule has 24 heavy (non-hydrogen) atoms. The van der Waals surface area contributed by atoms with Gasteiger partial charge >= 0.3 is 0 Å². The Morgan fingerprint density at radius 1 is 1.25 bits per heavy atom. The summed E-state index contributed by atoms with van der Waals surface area (Å²) in [6.07, 6.45) is 2.44. The van der Waals surface area contributed by atoms with Crippen LogP contribution in [0.25, 0.3) is 0 Å². The lowest BCUT2D eigenvalue weighted by Crippen LogP contribution is -2.51. The lowest BCUT2D eigenvalue weighted by Gasteiger charge is -2.34. The summed E-state index contributed by atoms with van der Waals surface area (Å²) < 4.78 is 4.95. The monoisotopic (exact) mass is 334 g/mol. The van der Waals surface area contributed by atoms with Gasteiger partial charge in [-0.1, -0.05) is 0 Å². The minimum Gasteiger partial charge on any atom is -0.385 e. The molecule has 7 nitrogen and oxygen atoms in total. The number of carbonyl (C=O) groups is 2. The smallest absolute Gasteiger partial charge is 0.255 e. The van der Waals surface area contributed by atoms with E-state index in [1.165, 1.54) is 0 Å². The van der Waals surface area contributed by atoms with E-state index in [0.29, 0.717) is 51.4 Å². The molecule has 1 N–H and O–H groups in total. The molecule has 0 aromatic carbocycles. The number of rotatable bonds is 7. The molecule has 0 atom stereocenters. The number of ether oxygens (including phenoxy) is 1. The zero-order chi connectivity index (χ0) is 17.4. The van der Waals surface area contributed by atoms with Crippen LogP contribution in [-0.2, 0) is 9.53 Å². The van der Waals surface area contributed by atoms with Gasteiger partial charge in [-0.3, -0.25) is 19.5 Å². The second-order valence-electron chi connectivity index (χ2n) is 5.95. The van der Waals surface area contributed by atoms with Gasteiger partial charge in [0.15, 0.2) is 0 Å². The third-order valence-corrected chi connectivity index (χ3v) is 4.03. The van der Waals surface area contributed by atoms with Crippen LogP contribution in [0.3, 0.4) is 0 Å². The summed E-state index contributed by atoms with van der Waals surface area (Å²) in [4.78, 5) is 32.3. The summed E-state index contributed by atoms with van der Waals surface area (Å²) in [5.41, 5.74) is 1.51. The van der Waals surface area contributed by atoms with E-state index in [0.717, 1.165) is 12.1 Å². The van der Waals surface area contributed by atoms with Crippen LogP contribution in [0, 0.1) is 6.92 Å². The second-order valence-corrected chi connectivity index (χ2v) is 5.95. The maximum absolute atomic E-state index is 12.4. The van der Waals surface area contributed by atoms with Gasteiger partial charge in [-0.15, -0.1) is 0 Å². The van der Waals surface area contributed by atoms with Gasteiger partial charge in [0.1, 0.15) is 0 Å². The number of pyridine rings is 1. The Morgan fingerprint density at radius 3 is 2.62 bits per heavy atom. The molecule has 1 aliphatic heterocycles. The first-order valence-corrected chi connectivity index (χ1v) is 8.30. The van der Waals surface area contributed by atoms with Gasteiger partial charge in [0.25, 0.3) is 5.91 Å². The van der Waals surface area contributed by atoms with Crippen LogP contribution in [0.5, 0.6) is 0 Å². The van der Waals surface area contributed by atoms with E-state index in [-0.39, 0.29) is 11.8 Å². The fourth-order valence-corrected chi connectivity index (χ4v) is 2.59. The molecule has 2 amide bonds. The van der Waals surface area contributed by atoms with Crippen LogP contribution in [0.2, 0.25) is 0 Å². The average Bonchev–Trinajstić information content (AvgIpc) is 2.59. The molecule has 2 heterocycles. The minimum absolute atomic E-state index is 0.00571. The van der Waals surface area contributed by atoms with Gasteiger partial charge in [-0.2, -0.15) is 0 Å². The Labute approximate surface area is 143 Å². The van der Waals surface area contributed by atoms with Crippen molar-refractivity contribution < 1.29 is 14.3 Å². The van der Waals surface area contributed by atoms with Crippen LogP contribution >= 0.6 is 0 Å². The van der Waals surface area contributed by atoms with Crippen LogP contribution in [0.15, 0.2) is 18.3 Å². The lowest BCUT2D eigenvalue weighted by atomic mass is 10.2. The Kier molecular flexibility index (Phi) is 7.14. The van der Waals surface area contributed by atoms with Gasteiger partial charge in [0.05, 0.1) is 12.1 Å². The maximum atomic E-state index is 12.4. The van der Waals surface area contributed by atoms with Crippen LogP contribution in [0.1, 0.15) is 22.5 Å². The number of hydrogen-bond donors (Lipinski definition) is 1. The number of nitrogens with one attached hydrogen (secondary N) is 1. The van der Waals surface area contributed by atoms with Gasteiger partial charge in [-0.05, 0) is 25.5 Å². The van der Waals surface area contributed by atoms with Crippen molar-refractivity contribution in [1.82, 2.24) is 20.1 Å². The highest BCUT2D eigenvalue weighted by molar-refractivity contribution is 5.94. The normalized spacial score (nSPS) is 15.3. The lowest BCUT2D eigenvalue weighted by molar-refractivity contribution is -0.122. The molecule has 132 valence electrons. The van der Waals surface area contributed by atoms with Gasteiger partial charge in [-0.25, -0.2) is 0 Å². The third kappa shape index (κ3) is 5.58. The van der Waals surface area contributed by atoms with Crippen LogP contribution in [0.4, 0.5) is 0 Å². The van der Waals surface area contributed by atoms with Crippen LogP contribution in [-0.4, -0.2) is 79.6 Å². The fourth-order valence-electron chi connectivity index (χ4n) is 2.59. The molecule has 0 saturated carbocycles. The molecular formula is C17H26N4O3. The minimum atomic E-state index is 0.00571. The molecule has 0 radical (unpaired) electrons. The first-order valence-electron chi connectivity index (χ1n) is 8.30. The van der Waals surface area contributed by atoms with Crippen molar-refractivity contribution in [1.29, 1.82) is 0 Å². The standard InChI is InChI=1S/C17H26N4O3/c1-14-4-5-15(12-19-14)17(23)21-9-7-20(8-10-21)13-16(22)18-6-3-11-24-2/h4-5,12H,3,6-11,13H2,1-2H3,(H,18,22).